The summed E-state index contributed by atoms with van der Waals surface area (Å²) >= 11 is 0. The highest BCUT2D eigenvalue weighted by Crippen LogP contribution is 2.39. The molecule has 0 unspecified atom stereocenters. The first-order valence-corrected chi connectivity index (χ1v) is 9.86. The zero-order chi connectivity index (χ0) is 16.1. The van der Waals surface area contributed by atoms with Gasteiger partial charge < -0.3 is 14.7 Å². The van der Waals surface area contributed by atoms with E-state index in [0.29, 0.717) is 11.3 Å². The molecular weight excluding hydrogens is 286 g/mol. The quantitative estimate of drug-likeness (QED) is 0.799. The molecule has 3 rings (SSSR count). The van der Waals surface area contributed by atoms with Gasteiger partial charge in [-0.2, -0.15) is 0 Å². The van der Waals surface area contributed by atoms with E-state index in [9.17, 15) is 4.79 Å². The van der Waals surface area contributed by atoms with Gasteiger partial charge in [-0.3, -0.25) is 4.79 Å². The summed E-state index contributed by atoms with van der Waals surface area (Å²) in [7, 11) is 2.23. The summed E-state index contributed by atoms with van der Waals surface area (Å²) in [6.45, 7) is 7.83. The first kappa shape index (κ1) is 17.2. The lowest BCUT2D eigenvalue weighted by Gasteiger charge is -2.39. The van der Waals surface area contributed by atoms with Crippen LogP contribution >= 0.6 is 0 Å². The Balaban J connectivity index is 1.39. The van der Waals surface area contributed by atoms with E-state index in [1.54, 1.807) is 0 Å². The molecule has 0 N–H and O–H groups in total. The highest BCUT2D eigenvalue weighted by Gasteiger charge is 2.40. The van der Waals surface area contributed by atoms with E-state index < -0.39 is 0 Å². The van der Waals surface area contributed by atoms with E-state index >= 15 is 0 Å². The van der Waals surface area contributed by atoms with Crippen molar-refractivity contribution in [3.05, 3.63) is 0 Å². The molecule has 0 aromatic carbocycles. The average molecular weight is 322 g/mol. The van der Waals surface area contributed by atoms with E-state index in [2.05, 4.69) is 21.7 Å². The Labute approximate surface area is 142 Å². The minimum absolute atomic E-state index is 0.397. The molecule has 0 bridgehead atoms. The lowest BCUT2D eigenvalue weighted by molar-refractivity contribution is -0.133. The van der Waals surface area contributed by atoms with Crippen LogP contribution in [0, 0.1) is 5.41 Å². The van der Waals surface area contributed by atoms with Crippen LogP contribution in [0.15, 0.2) is 0 Å². The van der Waals surface area contributed by atoms with Gasteiger partial charge >= 0.3 is 0 Å². The van der Waals surface area contributed by atoms with E-state index in [1.807, 2.05) is 0 Å². The van der Waals surface area contributed by atoms with Crippen LogP contribution in [0.3, 0.4) is 0 Å². The molecule has 132 valence electrons. The molecule has 1 spiro atoms. The molecule has 3 aliphatic heterocycles. The number of carbonyl (C=O) groups excluding carboxylic acids is 1. The number of amides is 1. The molecule has 3 saturated heterocycles. The summed E-state index contributed by atoms with van der Waals surface area (Å²) in [4.78, 5) is 19.7. The Kier molecular flexibility index (Phi) is 5.97. The molecule has 0 aromatic heterocycles. The van der Waals surface area contributed by atoms with Crippen molar-refractivity contribution in [3.63, 3.8) is 0 Å². The van der Waals surface area contributed by atoms with Gasteiger partial charge in [0, 0.05) is 32.6 Å². The molecule has 23 heavy (non-hydrogen) atoms. The fourth-order valence-electron chi connectivity index (χ4n) is 4.75. The Hall–Kier alpha value is -0.610. The summed E-state index contributed by atoms with van der Waals surface area (Å²) in [5.41, 5.74) is 0.522. The Morgan fingerprint density at radius 3 is 2.09 bits per heavy atom. The Morgan fingerprint density at radius 2 is 1.48 bits per heavy atom. The first-order chi connectivity index (χ1) is 11.2. The van der Waals surface area contributed by atoms with Gasteiger partial charge in [0.1, 0.15) is 0 Å². The van der Waals surface area contributed by atoms with Gasteiger partial charge in [0.05, 0.1) is 0 Å². The average Bonchev–Trinajstić information content (AvgIpc) is 2.87. The van der Waals surface area contributed by atoms with Crippen LogP contribution in [0.1, 0.15) is 57.8 Å². The zero-order valence-electron chi connectivity index (χ0n) is 15.1. The van der Waals surface area contributed by atoms with Crippen molar-refractivity contribution >= 4 is 5.91 Å². The van der Waals surface area contributed by atoms with Crippen LogP contribution in [-0.4, -0.2) is 73.5 Å². The fourth-order valence-corrected chi connectivity index (χ4v) is 4.75. The van der Waals surface area contributed by atoms with E-state index in [4.69, 9.17) is 0 Å². The summed E-state index contributed by atoms with van der Waals surface area (Å²) in [6, 6.07) is 0. The summed E-state index contributed by atoms with van der Waals surface area (Å²) in [5, 5.41) is 0. The molecule has 1 amide bonds. The highest BCUT2D eigenvalue weighted by atomic mass is 16.2. The predicted molar refractivity (Wildman–Crippen MR) is 94.5 cm³/mol. The number of nitrogens with zero attached hydrogens (tertiary/aromatic N) is 3. The number of hydrogen-bond acceptors (Lipinski definition) is 3. The van der Waals surface area contributed by atoms with Crippen LogP contribution in [0.2, 0.25) is 0 Å². The van der Waals surface area contributed by atoms with Gasteiger partial charge in [0.25, 0.3) is 0 Å². The third kappa shape index (κ3) is 4.69. The lowest BCUT2D eigenvalue weighted by Crippen LogP contribution is -2.45. The second-order valence-corrected chi connectivity index (χ2v) is 8.23. The maximum atomic E-state index is 12.6. The van der Waals surface area contributed by atoms with Gasteiger partial charge in [-0.1, -0.05) is 19.3 Å². The third-order valence-corrected chi connectivity index (χ3v) is 6.40. The van der Waals surface area contributed by atoms with Crippen molar-refractivity contribution < 1.29 is 4.79 Å². The third-order valence-electron chi connectivity index (χ3n) is 6.40. The van der Waals surface area contributed by atoms with Crippen molar-refractivity contribution in [2.45, 2.75) is 57.8 Å². The van der Waals surface area contributed by atoms with Crippen LogP contribution in [0.4, 0.5) is 0 Å². The van der Waals surface area contributed by atoms with E-state index in [0.717, 1.165) is 26.1 Å². The van der Waals surface area contributed by atoms with Crippen molar-refractivity contribution in [2.75, 3.05) is 52.9 Å². The molecule has 0 atom stereocenters. The smallest absolute Gasteiger partial charge is 0.223 e. The van der Waals surface area contributed by atoms with E-state index in [1.165, 1.54) is 77.5 Å². The molecule has 4 heteroatoms. The highest BCUT2D eigenvalue weighted by molar-refractivity contribution is 5.76. The molecule has 0 aromatic rings. The standard InChI is InChI=1S/C19H35N3O/c1-20-14-8-19(17-20)9-15-22(16-10-19)18(23)7-13-21-11-5-3-2-4-6-12-21/h2-17H2,1H3. The number of carbonyl (C=O) groups is 1. The molecule has 0 aliphatic carbocycles. The number of hydrogen-bond donors (Lipinski definition) is 0. The minimum atomic E-state index is 0.397. The normalized spacial score (nSPS) is 27.1. The van der Waals surface area contributed by atoms with Gasteiger partial charge in [0.2, 0.25) is 5.91 Å². The minimum Gasteiger partial charge on any atom is -0.343 e. The fraction of sp³-hybridized carbons (Fsp3) is 0.947. The molecule has 3 aliphatic rings. The zero-order valence-corrected chi connectivity index (χ0v) is 15.1. The van der Waals surface area contributed by atoms with Crippen LogP contribution in [0.25, 0.3) is 0 Å². The maximum absolute atomic E-state index is 12.6. The number of likely N-dealkylation sites (tertiary alicyclic amines) is 3. The second-order valence-electron chi connectivity index (χ2n) is 8.23. The Morgan fingerprint density at radius 1 is 0.870 bits per heavy atom. The van der Waals surface area contributed by atoms with Crippen molar-refractivity contribution in [1.29, 1.82) is 0 Å². The molecule has 0 radical (unpaired) electrons. The van der Waals surface area contributed by atoms with Crippen LogP contribution < -0.4 is 0 Å². The monoisotopic (exact) mass is 321 g/mol. The molecule has 3 heterocycles. The number of rotatable bonds is 3. The first-order valence-electron chi connectivity index (χ1n) is 9.86. The summed E-state index contributed by atoms with van der Waals surface area (Å²) < 4.78 is 0. The van der Waals surface area contributed by atoms with Crippen molar-refractivity contribution in [3.8, 4) is 0 Å². The molecule has 4 nitrogen and oxygen atoms in total. The second kappa shape index (κ2) is 7.98. The number of piperidine rings is 1. The van der Waals surface area contributed by atoms with E-state index in [-0.39, 0.29) is 0 Å². The molecular formula is C19H35N3O. The maximum Gasteiger partial charge on any atom is 0.223 e. The molecule has 0 saturated carbocycles. The largest absolute Gasteiger partial charge is 0.343 e. The van der Waals surface area contributed by atoms with Crippen LogP contribution in [0.5, 0.6) is 0 Å². The predicted octanol–water partition coefficient (Wildman–Crippen LogP) is 2.59. The van der Waals surface area contributed by atoms with Gasteiger partial charge in [-0.25, -0.2) is 0 Å². The lowest BCUT2D eigenvalue weighted by atomic mass is 9.78. The molecule has 3 fully saturated rings. The van der Waals surface area contributed by atoms with Crippen LogP contribution in [-0.2, 0) is 4.79 Å². The van der Waals surface area contributed by atoms with Gasteiger partial charge in [0.15, 0.2) is 0 Å². The topological polar surface area (TPSA) is 26.8 Å². The van der Waals surface area contributed by atoms with Gasteiger partial charge in [-0.15, -0.1) is 0 Å². The SMILES string of the molecule is CN1CCC2(CCN(C(=O)CCN3CCCCCCC3)CC2)C1. The van der Waals surface area contributed by atoms with Gasteiger partial charge in [-0.05, 0) is 64.2 Å². The summed E-state index contributed by atoms with van der Waals surface area (Å²) in [5.74, 6) is 0.397. The van der Waals surface area contributed by atoms with Crippen molar-refractivity contribution in [2.24, 2.45) is 5.41 Å². The Bertz CT molecular complexity index is 382. The summed E-state index contributed by atoms with van der Waals surface area (Å²) in [6.07, 6.45) is 11.3. The van der Waals surface area contributed by atoms with Crippen molar-refractivity contribution in [1.82, 2.24) is 14.7 Å².